The first-order valence-electron chi connectivity index (χ1n) is 36.0. The van der Waals surface area contributed by atoms with Gasteiger partial charge in [0.2, 0.25) is 24.5 Å². The maximum atomic E-state index is 14.2. The Kier molecular flexibility index (Phi) is 30.3. The van der Waals surface area contributed by atoms with E-state index in [0.717, 1.165) is 27.2 Å². The number of methoxy groups -OCH3 is 2. The molecule has 0 radical (unpaired) electrons. The Bertz CT molecular complexity index is 3910. The van der Waals surface area contributed by atoms with Crippen molar-refractivity contribution in [3.05, 3.63) is 114 Å². The molecule has 0 aliphatic carbocycles. The topological polar surface area (TPSA) is 336 Å². The van der Waals surface area contributed by atoms with Gasteiger partial charge in [0, 0.05) is 112 Å². The molecule has 6 aliphatic rings. The number of ketones is 1. The average Bonchev–Trinajstić information content (AvgIpc) is 1.66. The van der Waals surface area contributed by atoms with Crippen molar-refractivity contribution < 1.29 is 105 Å². The van der Waals surface area contributed by atoms with Gasteiger partial charge in [-0.2, -0.15) is 0 Å². The zero-order chi connectivity index (χ0) is 75.4. The lowest BCUT2D eigenvalue weighted by Crippen LogP contribution is -2.45. The molecule has 0 aromatic heterocycles. The highest BCUT2D eigenvalue weighted by atomic mass is 16.7. The second kappa shape index (κ2) is 40.7. The van der Waals surface area contributed by atoms with Crippen LogP contribution in [0.15, 0.2) is 101 Å². The number of fused-ring (bicyclic) bond motifs is 5. The molecule has 4 atom stereocenters. The van der Waals surface area contributed by atoms with Gasteiger partial charge in [-0.15, -0.1) is 0 Å². The highest BCUT2D eigenvalue weighted by Gasteiger charge is 2.37. The number of aliphatic imine (C=N–C) groups is 2. The molecule has 30 nitrogen and oxygen atoms in total. The van der Waals surface area contributed by atoms with Crippen LogP contribution in [0.3, 0.4) is 0 Å². The van der Waals surface area contributed by atoms with Gasteiger partial charge in [-0.1, -0.05) is 39.0 Å². The summed E-state index contributed by atoms with van der Waals surface area (Å²) in [5.74, 6) is -0.494. The second-order valence-electron chi connectivity index (χ2n) is 25.8. The van der Waals surface area contributed by atoms with E-state index >= 15 is 0 Å². The third-order valence-corrected chi connectivity index (χ3v) is 17.9. The Morgan fingerprint density at radius 1 is 0.533 bits per heavy atom. The van der Waals surface area contributed by atoms with Crippen LogP contribution in [-0.2, 0) is 66.7 Å². The number of anilines is 1. The van der Waals surface area contributed by atoms with E-state index in [1.165, 1.54) is 26.4 Å². The SMILES string of the molecule is COc1cc2c(cc1OCCCOc1cc3c(cc1OC)C(=O)N1C=C(c4ccc5c(c4)OCO5)C[C@H]1C=N3)N=C[C@@H]1CC(c3ccc(NC(=O)[C@H](C)CC(=O)C(NC(=O)CCOCCOCCOCCOCCOCCOCCOCCOCCNC(=O)CCN4C(=O)C=CC4=O)C(C)C)cc3)=CN1C2=O. The van der Waals surface area contributed by atoms with E-state index in [9.17, 15) is 38.4 Å². The fourth-order valence-corrected chi connectivity index (χ4v) is 12.1. The summed E-state index contributed by atoms with van der Waals surface area (Å²) in [6.07, 6.45) is 11.1. The number of amides is 7. The van der Waals surface area contributed by atoms with Crippen LogP contribution >= 0.6 is 0 Å². The van der Waals surface area contributed by atoms with Gasteiger partial charge in [0.25, 0.3) is 23.6 Å². The Morgan fingerprint density at radius 2 is 1.01 bits per heavy atom. The number of rotatable bonds is 47. The van der Waals surface area contributed by atoms with Gasteiger partial charge in [-0.3, -0.25) is 53.2 Å². The molecule has 30 heteroatoms. The highest BCUT2D eigenvalue weighted by Crippen LogP contribution is 2.43. The van der Waals surface area contributed by atoms with Crippen molar-refractivity contribution in [3.63, 3.8) is 0 Å². The summed E-state index contributed by atoms with van der Waals surface area (Å²) in [4.78, 5) is 117. The van der Waals surface area contributed by atoms with Crippen LogP contribution in [0.4, 0.5) is 17.1 Å². The predicted molar refractivity (Wildman–Crippen MR) is 391 cm³/mol. The van der Waals surface area contributed by atoms with Gasteiger partial charge >= 0.3 is 0 Å². The molecular formula is C77H94N8O22. The second-order valence-corrected chi connectivity index (χ2v) is 25.8. The smallest absolute Gasteiger partial charge is 0.260 e. The zero-order valence-electron chi connectivity index (χ0n) is 61.0. The highest BCUT2D eigenvalue weighted by molar-refractivity contribution is 6.13. The number of hydrogen-bond acceptors (Lipinski definition) is 24. The molecule has 107 heavy (non-hydrogen) atoms. The van der Waals surface area contributed by atoms with Crippen LogP contribution in [-0.4, -0.2) is 245 Å². The first kappa shape index (κ1) is 79.6. The molecule has 10 rings (SSSR count). The molecule has 4 aromatic carbocycles. The number of carbonyl (C=O) groups is 8. The van der Waals surface area contributed by atoms with Gasteiger partial charge < -0.3 is 92.1 Å². The lowest BCUT2D eigenvalue weighted by molar-refractivity contribution is -0.137. The van der Waals surface area contributed by atoms with Gasteiger partial charge in [-0.05, 0) is 64.6 Å². The van der Waals surface area contributed by atoms with Crippen molar-refractivity contribution in [1.29, 1.82) is 0 Å². The normalized spacial score (nSPS) is 16.6. The van der Waals surface area contributed by atoms with E-state index in [1.807, 2.05) is 56.6 Å². The lowest BCUT2D eigenvalue weighted by Gasteiger charge is -2.23. The minimum absolute atomic E-state index is 0.0282. The number of hydrogen-bond donors (Lipinski definition) is 3. The third-order valence-electron chi connectivity index (χ3n) is 17.9. The first-order chi connectivity index (χ1) is 52.0. The molecule has 0 saturated carbocycles. The van der Waals surface area contributed by atoms with Crippen LogP contribution in [0.1, 0.15) is 91.1 Å². The monoisotopic (exact) mass is 1480 g/mol. The summed E-state index contributed by atoms with van der Waals surface area (Å²) in [7, 11) is 3.02. The molecule has 1 unspecified atom stereocenters. The molecule has 574 valence electrons. The van der Waals surface area contributed by atoms with Crippen molar-refractivity contribution in [2.24, 2.45) is 21.8 Å². The van der Waals surface area contributed by atoms with Gasteiger partial charge in [0.1, 0.15) is 0 Å². The summed E-state index contributed by atoms with van der Waals surface area (Å²) >= 11 is 0. The number of nitrogens with zero attached hydrogens (tertiary/aromatic N) is 5. The Labute approximate surface area is 620 Å². The van der Waals surface area contributed by atoms with Gasteiger partial charge in [0.05, 0.1) is 174 Å². The average molecular weight is 1480 g/mol. The molecule has 0 spiro atoms. The number of benzene rings is 4. The first-order valence-corrected chi connectivity index (χ1v) is 36.0. The largest absolute Gasteiger partial charge is 0.493 e. The minimum atomic E-state index is -0.793. The summed E-state index contributed by atoms with van der Waals surface area (Å²) in [5.41, 5.74) is 5.85. The molecule has 4 aromatic rings. The molecule has 0 bridgehead atoms. The van der Waals surface area contributed by atoms with E-state index in [2.05, 4.69) is 16.0 Å². The van der Waals surface area contributed by atoms with Gasteiger partial charge in [-0.25, -0.2) is 0 Å². The summed E-state index contributed by atoms with van der Waals surface area (Å²) in [6.45, 7) is 12.0. The van der Waals surface area contributed by atoms with E-state index in [4.69, 9.17) is 76.3 Å². The van der Waals surface area contributed by atoms with Crippen molar-refractivity contribution in [3.8, 4) is 34.5 Å². The molecule has 6 heterocycles. The van der Waals surface area contributed by atoms with Crippen LogP contribution in [0, 0.1) is 11.8 Å². The van der Waals surface area contributed by atoms with Crippen molar-refractivity contribution >= 4 is 87.8 Å². The van der Waals surface area contributed by atoms with E-state index < -0.39 is 23.8 Å². The van der Waals surface area contributed by atoms with E-state index in [-0.39, 0.29) is 112 Å². The Morgan fingerprint density at radius 3 is 1.51 bits per heavy atom. The number of nitrogens with one attached hydrogen (secondary N) is 3. The Hall–Kier alpha value is -9.92. The van der Waals surface area contributed by atoms with Crippen molar-refractivity contribution in [2.45, 2.75) is 77.4 Å². The number of ether oxygens (including phenoxy) is 14. The fraction of sp³-hybridized carbons (Fsp3) is 0.481. The summed E-state index contributed by atoms with van der Waals surface area (Å²) < 4.78 is 78.9. The van der Waals surface area contributed by atoms with E-state index in [1.54, 1.807) is 65.6 Å². The van der Waals surface area contributed by atoms with Crippen LogP contribution in [0.25, 0.3) is 11.1 Å². The predicted octanol–water partition coefficient (Wildman–Crippen LogP) is 6.85. The fourth-order valence-electron chi connectivity index (χ4n) is 12.1. The molecule has 0 fully saturated rings. The van der Waals surface area contributed by atoms with E-state index in [0.29, 0.717) is 181 Å². The van der Waals surface area contributed by atoms with Gasteiger partial charge in [0.15, 0.2) is 40.3 Å². The zero-order valence-corrected chi connectivity index (χ0v) is 61.0. The standard InChI is InChI=1S/C77H94N8O22/c1-50(2)74(82-71(88)16-21-96-23-25-98-27-29-100-31-33-102-35-36-103-34-32-101-30-28-99-26-24-97-22-17-78-70(87)15-18-83-72(89)13-14-73(83)90)63(86)37-51(3)75(91)81-56-10-7-52(8-11-56)54-38-57-45-79-61-43-68(65(94-4)41-59(61)76(92)84(57)47-54)104-19-6-20-105-69-44-62-60(42-66(69)95-5)77(93)85-48-55(39-58(85)46-80-62)53-9-12-64-67(40-53)107-49-106-64/h7-14,40-48,50-51,57-58,74H,6,15-39,49H2,1-5H3,(H,78,87)(H,81,91)(H,82,88)/t51-,57+,58+,74?/m1/s1. The quantitative estimate of drug-likeness (QED) is 0.0300. The maximum absolute atomic E-state index is 14.2. The van der Waals surface area contributed by atoms with Crippen molar-refractivity contribution in [1.82, 2.24) is 25.3 Å². The number of Topliss-reactive ketones (excluding diaryl/α,β-unsaturated/α-hetero) is 1. The maximum Gasteiger partial charge on any atom is 0.260 e. The molecule has 3 N–H and O–H groups in total. The summed E-state index contributed by atoms with van der Waals surface area (Å²) in [6, 6.07) is 18.3. The minimum Gasteiger partial charge on any atom is -0.493 e. The molecular weight excluding hydrogens is 1390 g/mol. The third kappa shape index (κ3) is 22.8. The van der Waals surface area contributed by atoms with Crippen LogP contribution < -0.4 is 44.4 Å². The molecule has 0 saturated heterocycles. The number of imide groups is 1. The molecule has 6 aliphatic heterocycles. The van der Waals surface area contributed by atoms with Crippen molar-refractivity contribution in [2.75, 3.05) is 158 Å². The Balaban J connectivity index is 0.539. The summed E-state index contributed by atoms with van der Waals surface area (Å²) in [5, 5.41) is 8.42. The number of carbonyl (C=O) groups excluding carboxylic acids is 8. The van der Waals surface area contributed by atoms with Crippen LogP contribution in [0.5, 0.6) is 34.5 Å². The molecule has 7 amide bonds. The van der Waals surface area contributed by atoms with Crippen LogP contribution in [0.2, 0.25) is 0 Å². The lowest BCUT2D eigenvalue weighted by atomic mass is 9.92.